The normalized spacial score (nSPS) is 15.9. The summed E-state index contributed by atoms with van der Waals surface area (Å²) < 4.78 is 0. The van der Waals surface area contributed by atoms with E-state index in [1.54, 1.807) is 18.3 Å². The second kappa shape index (κ2) is 8.85. The van der Waals surface area contributed by atoms with Gasteiger partial charge in [0.25, 0.3) is 0 Å². The molecular weight excluding hydrogens is 350 g/mol. The van der Waals surface area contributed by atoms with Crippen LogP contribution in [0.2, 0.25) is 0 Å². The van der Waals surface area contributed by atoms with Gasteiger partial charge in [-0.3, -0.25) is 9.69 Å². The summed E-state index contributed by atoms with van der Waals surface area (Å²) in [5, 5.41) is 12.5. The van der Waals surface area contributed by atoms with Crippen LogP contribution < -0.4 is 10.2 Å². The van der Waals surface area contributed by atoms with Gasteiger partial charge in [0.1, 0.15) is 17.9 Å². The molecule has 146 valence electrons. The molecule has 0 spiro atoms. The van der Waals surface area contributed by atoms with E-state index in [-0.39, 0.29) is 18.0 Å². The number of nitrogens with zero attached hydrogens (tertiary/aromatic N) is 4. The Morgan fingerprint density at radius 1 is 1.25 bits per heavy atom. The van der Waals surface area contributed by atoms with Gasteiger partial charge in [-0.15, -0.1) is 0 Å². The fourth-order valence-corrected chi connectivity index (χ4v) is 3.68. The van der Waals surface area contributed by atoms with Gasteiger partial charge in [0.2, 0.25) is 5.91 Å². The van der Waals surface area contributed by atoms with Crippen molar-refractivity contribution in [2.24, 2.45) is 0 Å². The summed E-state index contributed by atoms with van der Waals surface area (Å²) in [6.07, 6.45) is 3.38. The van der Waals surface area contributed by atoms with Crippen LogP contribution in [0.4, 0.5) is 5.82 Å². The molecule has 0 bridgehead atoms. The van der Waals surface area contributed by atoms with E-state index in [1.807, 2.05) is 50.2 Å². The Hall–Kier alpha value is -2.91. The summed E-state index contributed by atoms with van der Waals surface area (Å²) in [6.45, 7) is 3.59. The molecule has 0 aliphatic carbocycles. The lowest BCUT2D eigenvalue weighted by molar-refractivity contribution is -0.126. The van der Waals surface area contributed by atoms with Crippen molar-refractivity contribution in [3.8, 4) is 6.07 Å². The topological polar surface area (TPSA) is 72.3 Å². The number of piperidine rings is 1. The molecule has 1 unspecified atom stereocenters. The number of amides is 1. The number of aromatic nitrogens is 1. The Morgan fingerprint density at radius 2 is 1.93 bits per heavy atom. The first-order valence-corrected chi connectivity index (χ1v) is 9.63. The Labute approximate surface area is 166 Å². The monoisotopic (exact) mass is 377 g/mol. The fraction of sp³-hybridized carbons (Fsp3) is 0.409. The first-order chi connectivity index (χ1) is 13.5. The van der Waals surface area contributed by atoms with Crippen molar-refractivity contribution in [1.29, 1.82) is 5.26 Å². The standard InChI is InChI=1S/C22H27N5O/c1-16-6-8-17(9-7-16)20(26(2)3)22(28)25-19-10-13-27(14-11-19)21-18(15-23)5-4-12-24-21/h4-9,12,19-20H,10-11,13-14H2,1-3H3,(H,25,28). The van der Waals surface area contributed by atoms with Crippen LogP contribution in [0, 0.1) is 18.3 Å². The molecule has 1 saturated heterocycles. The number of nitrogens with one attached hydrogen (secondary N) is 1. The lowest BCUT2D eigenvalue weighted by Gasteiger charge is -2.34. The molecule has 1 aliphatic heterocycles. The first kappa shape index (κ1) is 19.8. The summed E-state index contributed by atoms with van der Waals surface area (Å²) in [6, 6.07) is 13.7. The van der Waals surface area contributed by atoms with Gasteiger partial charge in [-0.1, -0.05) is 29.8 Å². The Bertz CT molecular complexity index is 848. The van der Waals surface area contributed by atoms with Crippen LogP contribution >= 0.6 is 0 Å². The van der Waals surface area contributed by atoms with E-state index in [0.29, 0.717) is 5.56 Å². The zero-order valence-corrected chi connectivity index (χ0v) is 16.7. The smallest absolute Gasteiger partial charge is 0.242 e. The highest BCUT2D eigenvalue weighted by atomic mass is 16.2. The molecule has 0 saturated carbocycles. The highest BCUT2D eigenvalue weighted by molar-refractivity contribution is 5.83. The molecule has 28 heavy (non-hydrogen) atoms. The molecule has 0 radical (unpaired) electrons. The SMILES string of the molecule is Cc1ccc(C(C(=O)NC2CCN(c3ncccc3C#N)CC2)N(C)C)cc1. The van der Waals surface area contributed by atoms with Gasteiger partial charge in [-0.2, -0.15) is 5.26 Å². The third-order valence-electron chi connectivity index (χ3n) is 5.21. The summed E-state index contributed by atoms with van der Waals surface area (Å²) in [5.74, 6) is 0.767. The molecule has 6 nitrogen and oxygen atoms in total. The average molecular weight is 377 g/mol. The van der Waals surface area contributed by atoms with Crippen LogP contribution in [0.5, 0.6) is 0 Å². The van der Waals surface area contributed by atoms with Crippen LogP contribution in [0.1, 0.15) is 35.6 Å². The van der Waals surface area contributed by atoms with Gasteiger partial charge in [-0.25, -0.2) is 4.98 Å². The summed E-state index contributed by atoms with van der Waals surface area (Å²) in [4.78, 5) is 21.4. The van der Waals surface area contributed by atoms with Gasteiger partial charge >= 0.3 is 0 Å². The molecule has 1 fully saturated rings. The van der Waals surface area contributed by atoms with Gasteiger partial charge in [0.05, 0.1) is 5.56 Å². The van der Waals surface area contributed by atoms with Crippen LogP contribution in [-0.2, 0) is 4.79 Å². The van der Waals surface area contributed by atoms with E-state index in [2.05, 4.69) is 21.3 Å². The number of carbonyl (C=O) groups is 1. The Kier molecular flexibility index (Phi) is 6.27. The number of anilines is 1. The van der Waals surface area contributed by atoms with Crippen molar-refractivity contribution >= 4 is 11.7 Å². The number of hydrogen-bond acceptors (Lipinski definition) is 5. The van der Waals surface area contributed by atoms with E-state index in [4.69, 9.17) is 0 Å². The lowest BCUT2D eigenvalue weighted by atomic mass is 10.0. The van der Waals surface area contributed by atoms with Gasteiger partial charge in [0.15, 0.2) is 0 Å². The summed E-state index contributed by atoms with van der Waals surface area (Å²) in [7, 11) is 3.86. The maximum atomic E-state index is 13.0. The first-order valence-electron chi connectivity index (χ1n) is 9.63. The zero-order chi connectivity index (χ0) is 20.1. The quantitative estimate of drug-likeness (QED) is 0.867. The predicted octanol–water partition coefficient (Wildman–Crippen LogP) is 2.65. The molecule has 1 atom stereocenters. The number of nitriles is 1. The fourth-order valence-electron chi connectivity index (χ4n) is 3.68. The maximum Gasteiger partial charge on any atom is 0.242 e. The number of hydrogen-bond donors (Lipinski definition) is 1. The van der Waals surface area contributed by atoms with Crippen molar-refractivity contribution in [3.63, 3.8) is 0 Å². The minimum absolute atomic E-state index is 0.0304. The van der Waals surface area contributed by atoms with Crippen molar-refractivity contribution in [2.75, 3.05) is 32.1 Å². The van der Waals surface area contributed by atoms with Crippen LogP contribution in [0.3, 0.4) is 0 Å². The van der Waals surface area contributed by atoms with Crippen molar-refractivity contribution in [3.05, 3.63) is 59.3 Å². The minimum Gasteiger partial charge on any atom is -0.355 e. The third-order valence-corrected chi connectivity index (χ3v) is 5.21. The van der Waals surface area contributed by atoms with Crippen molar-refractivity contribution in [1.82, 2.24) is 15.2 Å². The number of rotatable bonds is 5. The lowest BCUT2D eigenvalue weighted by Crippen LogP contribution is -2.48. The number of likely N-dealkylation sites (N-methyl/N-ethyl adjacent to an activating group) is 1. The molecule has 1 aromatic carbocycles. The summed E-state index contributed by atoms with van der Waals surface area (Å²) >= 11 is 0. The van der Waals surface area contributed by atoms with Crippen molar-refractivity contribution < 1.29 is 4.79 Å². The number of benzene rings is 1. The third kappa shape index (κ3) is 4.49. The molecule has 1 aromatic heterocycles. The van der Waals surface area contributed by atoms with E-state index in [1.165, 1.54) is 5.56 Å². The van der Waals surface area contributed by atoms with Gasteiger partial charge in [0, 0.05) is 25.3 Å². The molecule has 6 heteroatoms. The number of aryl methyl sites for hydroxylation is 1. The zero-order valence-electron chi connectivity index (χ0n) is 16.7. The highest BCUT2D eigenvalue weighted by Gasteiger charge is 2.28. The number of pyridine rings is 1. The van der Waals surface area contributed by atoms with E-state index >= 15 is 0 Å². The Morgan fingerprint density at radius 3 is 2.54 bits per heavy atom. The predicted molar refractivity (Wildman–Crippen MR) is 110 cm³/mol. The average Bonchev–Trinajstić information content (AvgIpc) is 2.70. The molecule has 3 rings (SSSR count). The van der Waals surface area contributed by atoms with E-state index in [9.17, 15) is 10.1 Å². The largest absolute Gasteiger partial charge is 0.355 e. The van der Waals surface area contributed by atoms with E-state index in [0.717, 1.165) is 37.3 Å². The van der Waals surface area contributed by atoms with Crippen LogP contribution in [0.25, 0.3) is 0 Å². The van der Waals surface area contributed by atoms with Gasteiger partial charge < -0.3 is 10.2 Å². The minimum atomic E-state index is -0.306. The van der Waals surface area contributed by atoms with E-state index < -0.39 is 0 Å². The second-order valence-electron chi connectivity index (χ2n) is 7.53. The molecule has 2 aromatic rings. The van der Waals surface area contributed by atoms with Gasteiger partial charge in [-0.05, 0) is 51.6 Å². The second-order valence-corrected chi connectivity index (χ2v) is 7.53. The Balaban J connectivity index is 1.62. The molecule has 1 amide bonds. The molecular formula is C22H27N5O. The molecule has 1 N–H and O–H groups in total. The van der Waals surface area contributed by atoms with Crippen LogP contribution in [0.15, 0.2) is 42.6 Å². The summed E-state index contributed by atoms with van der Waals surface area (Å²) in [5.41, 5.74) is 2.77. The number of carbonyl (C=O) groups excluding carboxylic acids is 1. The van der Waals surface area contributed by atoms with Crippen LogP contribution in [-0.4, -0.2) is 49.0 Å². The molecule has 1 aliphatic rings. The maximum absolute atomic E-state index is 13.0. The highest BCUT2D eigenvalue weighted by Crippen LogP contribution is 2.23. The van der Waals surface area contributed by atoms with Crippen molar-refractivity contribution in [2.45, 2.75) is 31.8 Å². The molecule has 2 heterocycles.